The number of likely N-dealkylation sites (N-methyl/N-ethyl adjacent to an activating group) is 1. The summed E-state index contributed by atoms with van der Waals surface area (Å²) in [6.07, 6.45) is 0.888. The van der Waals surface area contributed by atoms with Gasteiger partial charge in [0.2, 0.25) is 5.91 Å². The lowest BCUT2D eigenvalue weighted by molar-refractivity contribution is -0.116. The molecule has 0 spiro atoms. The van der Waals surface area contributed by atoms with Gasteiger partial charge in [0.15, 0.2) is 0 Å². The van der Waals surface area contributed by atoms with Crippen molar-refractivity contribution in [3.63, 3.8) is 0 Å². The van der Waals surface area contributed by atoms with Crippen LogP contribution in [0.25, 0.3) is 0 Å². The molecule has 2 rings (SSSR count). The molecule has 7 heteroatoms. The molecule has 2 aromatic rings. The Morgan fingerprint density at radius 1 is 1.25 bits per heavy atom. The van der Waals surface area contributed by atoms with Crippen LogP contribution in [0.3, 0.4) is 0 Å². The number of carbonyl (C=O) groups excluding carboxylic acids is 2. The van der Waals surface area contributed by atoms with Crippen LogP contribution >= 0.6 is 34.5 Å². The monoisotopic (exact) mass is 384 g/mol. The molecule has 1 N–H and O–H groups in total. The Morgan fingerprint density at radius 2 is 1.88 bits per heavy atom. The van der Waals surface area contributed by atoms with Crippen molar-refractivity contribution in [1.82, 2.24) is 4.90 Å². The van der Waals surface area contributed by atoms with Crippen LogP contribution in [-0.4, -0.2) is 30.3 Å². The van der Waals surface area contributed by atoms with Crippen molar-refractivity contribution in [2.75, 3.05) is 18.9 Å². The van der Waals surface area contributed by atoms with Gasteiger partial charge in [-0.1, -0.05) is 36.2 Å². The van der Waals surface area contributed by atoms with Gasteiger partial charge in [0.25, 0.3) is 5.91 Å². The van der Waals surface area contributed by atoms with Gasteiger partial charge in [-0.15, -0.1) is 11.3 Å². The molecule has 0 atom stereocenters. The van der Waals surface area contributed by atoms with E-state index in [0.717, 1.165) is 12.0 Å². The quantitative estimate of drug-likeness (QED) is 0.816. The van der Waals surface area contributed by atoms with Crippen LogP contribution in [-0.2, 0) is 11.2 Å². The molecule has 0 fully saturated rings. The summed E-state index contributed by atoms with van der Waals surface area (Å²) in [6, 6.07) is 6.84. The van der Waals surface area contributed by atoms with Gasteiger partial charge in [-0.3, -0.25) is 9.59 Å². The fourth-order valence-electron chi connectivity index (χ4n) is 2.25. The maximum Gasteiger partial charge on any atom is 0.264 e. The zero-order valence-electron chi connectivity index (χ0n) is 13.7. The van der Waals surface area contributed by atoms with Gasteiger partial charge in [0.05, 0.1) is 27.2 Å². The van der Waals surface area contributed by atoms with Crippen LogP contribution in [0.5, 0.6) is 0 Å². The molecule has 0 bridgehead atoms. The first-order valence-corrected chi connectivity index (χ1v) is 8.99. The SMILES string of the molecule is CCc1sc(C(=O)N(C)CC(=O)Nc2c(Cl)cccc2Cl)cc1C. The van der Waals surface area contributed by atoms with Gasteiger partial charge in [-0.05, 0) is 37.1 Å². The first-order valence-electron chi connectivity index (χ1n) is 7.42. The minimum atomic E-state index is -0.357. The number of para-hydroxylation sites is 1. The molecule has 0 saturated heterocycles. The fourth-order valence-corrected chi connectivity index (χ4v) is 3.85. The summed E-state index contributed by atoms with van der Waals surface area (Å²) in [5.74, 6) is -0.534. The molecule has 1 aromatic carbocycles. The Morgan fingerprint density at radius 3 is 2.42 bits per heavy atom. The molecular weight excluding hydrogens is 367 g/mol. The Hall–Kier alpha value is -1.56. The number of rotatable bonds is 5. The minimum Gasteiger partial charge on any atom is -0.332 e. The van der Waals surface area contributed by atoms with Crippen molar-refractivity contribution < 1.29 is 9.59 Å². The van der Waals surface area contributed by atoms with Crippen LogP contribution in [0.2, 0.25) is 10.0 Å². The number of aryl methyl sites for hydroxylation is 2. The highest BCUT2D eigenvalue weighted by Crippen LogP contribution is 2.29. The number of amides is 2. The minimum absolute atomic E-state index is 0.0845. The van der Waals surface area contributed by atoms with Crippen molar-refractivity contribution in [2.24, 2.45) is 0 Å². The van der Waals surface area contributed by atoms with Crippen molar-refractivity contribution in [3.8, 4) is 0 Å². The van der Waals surface area contributed by atoms with Crippen molar-refractivity contribution in [1.29, 1.82) is 0 Å². The molecule has 128 valence electrons. The van der Waals surface area contributed by atoms with Gasteiger partial charge in [-0.25, -0.2) is 0 Å². The molecular formula is C17H18Cl2N2O2S. The lowest BCUT2D eigenvalue weighted by Crippen LogP contribution is -2.34. The van der Waals surface area contributed by atoms with Crippen molar-refractivity contribution in [2.45, 2.75) is 20.3 Å². The summed E-state index contributed by atoms with van der Waals surface area (Å²) < 4.78 is 0. The number of thiophene rings is 1. The summed E-state index contributed by atoms with van der Waals surface area (Å²) in [5, 5.41) is 3.36. The lowest BCUT2D eigenvalue weighted by Gasteiger charge is -2.16. The highest BCUT2D eigenvalue weighted by Gasteiger charge is 2.19. The number of hydrogen-bond donors (Lipinski definition) is 1. The van der Waals surface area contributed by atoms with Crippen LogP contribution in [0.1, 0.15) is 27.0 Å². The van der Waals surface area contributed by atoms with E-state index in [0.29, 0.717) is 20.6 Å². The van der Waals surface area contributed by atoms with E-state index in [-0.39, 0.29) is 18.4 Å². The Labute approximate surface area is 155 Å². The highest BCUT2D eigenvalue weighted by molar-refractivity contribution is 7.14. The third-order valence-corrected chi connectivity index (χ3v) is 5.51. The van der Waals surface area contributed by atoms with Crippen LogP contribution < -0.4 is 5.32 Å². The summed E-state index contributed by atoms with van der Waals surface area (Å²) in [6.45, 7) is 3.95. The normalized spacial score (nSPS) is 10.5. The van der Waals surface area contributed by atoms with E-state index in [2.05, 4.69) is 12.2 Å². The zero-order valence-corrected chi connectivity index (χ0v) is 16.0. The average Bonchev–Trinajstić information content (AvgIpc) is 2.91. The van der Waals surface area contributed by atoms with E-state index in [1.807, 2.05) is 13.0 Å². The maximum absolute atomic E-state index is 12.5. The molecule has 0 unspecified atom stereocenters. The number of nitrogens with zero attached hydrogens (tertiary/aromatic N) is 1. The summed E-state index contributed by atoms with van der Waals surface area (Å²) >= 11 is 13.5. The molecule has 4 nitrogen and oxygen atoms in total. The smallest absolute Gasteiger partial charge is 0.264 e. The Balaban J connectivity index is 2.04. The number of hydrogen-bond acceptors (Lipinski definition) is 3. The molecule has 0 radical (unpaired) electrons. The van der Waals surface area contributed by atoms with E-state index in [1.165, 1.54) is 21.1 Å². The number of halogens is 2. The van der Waals surface area contributed by atoms with Gasteiger partial charge < -0.3 is 10.2 Å². The third-order valence-electron chi connectivity index (χ3n) is 3.51. The van der Waals surface area contributed by atoms with Gasteiger partial charge in [0.1, 0.15) is 0 Å². The lowest BCUT2D eigenvalue weighted by atomic mass is 10.2. The second-order valence-electron chi connectivity index (χ2n) is 5.38. The molecule has 0 aliphatic rings. The molecule has 1 heterocycles. The van der Waals surface area contributed by atoms with E-state index < -0.39 is 0 Å². The zero-order chi connectivity index (χ0) is 17.9. The molecule has 2 amide bonds. The van der Waals surface area contributed by atoms with Gasteiger partial charge in [-0.2, -0.15) is 0 Å². The number of carbonyl (C=O) groups is 2. The number of benzene rings is 1. The fraction of sp³-hybridized carbons (Fsp3) is 0.294. The maximum atomic E-state index is 12.5. The first kappa shape index (κ1) is 18.8. The predicted octanol–water partition coefficient (Wildman–Crippen LogP) is 4.64. The highest BCUT2D eigenvalue weighted by atomic mass is 35.5. The third kappa shape index (κ3) is 4.29. The topological polar surface area (TPSA) is 49.4 Å². The standard InChI is InChI=1S/C17H18Cl2N2O2S/c1-4-13-10(2)8-14(24-13)17(23)21(3)9-15(22)20-16-11(18)6-5-7-12(16)19/h5-8H,4,9H2,1-3H3,(H,20,22). The Kier molecular flexibility index (Phi) is 6.27. The molecule has 0 aliphatic heterocycles. The van der Waals surface area contributed by atoms with Crippen LogP contribution in [0.4, 0.5) is 5.69 Å². The van der Waals surface area contributed by atoms with Crippen LogP contribution in [0, 0.1) is 6.92 Å². The first-order chi connectivity index (χ1) is 11.3. The summed E-state index contributed by atoms with van der Waals surface area (Å²) in [4.78, 5) is 27.8. The second kappa shape index (κ2) is 8.01. The van der Waals surface area contributed by atoms with Gasteiger partial charge in [0, 0.05) is 11.9 Å². The molecule has 1 aromatic heterocycles. The molecule has 0 saturated carbocycles. The van der Waals surface area contributed by atoms with E-state index >= 15 is 0 Å². The predicted molar refractivity (Wildman–Crippen MR) is 100 cm³/mol. The molecule has 24 heavy (non-hydrogen) atoms. The van der Waals surface area contributed by atoms with Crippen molar-refractivity contribution in [3.05, 3.63) is 49.6 Å². The van der Waals surface area contributed by atoms with Crippen molar-refractivity contribution >= 4 is 52.0 Å². The number of anilines is 1. The number of nitrogens with one attached hydrogen (secondary N) is 1. The van der Waals surface area contributed by atoms with E-state index in [1.54, 1.807) is 25.2 Å². The van der Waals surface area contributed by atoms with E-state index in [4.69, 9.17) is 23.2 Å². The second-order valence-corrected chi connectivity index (χ2v) is 7.33. The Bertz CT molecular complexity index is 754. The van der Waals surface area contributed by atoms with Crippen LogP contribution in [0.15, 0.2) is 24.3 Å². The summed E-state index contributed by atoms with van der Waals surface area (Å²) in [7, 11) is 1.59. The summed E-state index contributed by atoms with van der Waals surface area (Å²) in [5.41, 5.74) is 1.46. The largest absolute Gasteiger partial charge is 0.332 e. The van der Waals surface area contributed by atoms with Gasteiger partial charge >= 0.3 is 0 Å². The average molecular weight is 385 g/mol. The molecule has 0 aliphatic carbocycles. The van der Waals surface area contributed by atoms with E-state index in [9.17, 15) is 9.59 Å².